The molecule has 0 aromatic heterocycles. The molecule has 4 rings (SSSR count). The number of hydrogen-bond donors (Lipinski definition) is 2. The minimum atomic E-state index is 0.260. The highest BCUT2D eigenvalue weighted by atomic mass is 16.1. The van der Waals surface area contributed by atoms with Crippen LogP contribution in [0.25, 0.3) is 0 Å². The number of carbonyl (C=O) groups excluding carboxylic acids is 1. The lowest BCUT2D eigenvalue weighted by atomic mass is 9.88. The number of amides is 1. The predicted octanol–water partition coefficient (Wildman–Crippen LogP) is 3.42. The number of fused-ring (bicyclic) bond motifs is 3. The van der Waals surface area contributed by atoms with Crippen LogP contribution in [0.1, 0.15) is 37.7 Å². The maximum absolute atomic E-state index is 12.6. The molecular formula is C17H22N2O. The molecule has 2 N–H and O–H groups in total. The molecule has 3 atom stereocenters. The fourth-order valence-corrected chi connectivity index (χ4v) is 4.42. The number of benzene rings is 1. The van der Waals surface area contributed by atoms with Gasteiger partial charge >= 0.3 is 0 Å². The third-order valence-electron chi connectivity index (χ3n) is 5.43. The van der Waals surface area contributed by atoms with E-state index in [1.807, 2.05) is 6.07 Å². The van der Waals surface area contributed by atoms with Crippen LogP contribution in [0, 0.1) is 17.8 Å². The zero-order valence-corrected chi connectivity index (χ0v) is 11.8. The maximum atomic E-state index is 12.6. The van der Waals surface area contributed by atoms with E-state index >= 15 is 0 Å². The molecule has 3 unspecified atom stereocenters. The van der Waals surface area contributed by atoms with Crippen LogP contribution in [0.4, 0.5) is 11.4 Å². The van der Waals surface area contributed by atoms with Crippen molar-refractivity contribution >= 4 is 17.3 Å². The Bertz CT molecular complexity index is 540. The molecule has 0 radical (unpaired) electrons. The van der Waals surface area contributed by atoms with Gasteiger partial charge in [0.2, 0.25) is 5.91 Å². The van der Waals surface area contributed by atoms with Gasteiger partial charge in [-0.1, -0.05) is 12.5 Å². The Morgan fingerprint density at radius 1 is 1.25 bits per heavy atom. The van der Waals surface area contributed by atoms with Crippen molar-refractivity contribution in [1.29, 1.82) is 0 Å². The molecule has 1 aromatic rings. The van der Waals surface area contributed by atoms with Crippen molar-refractivity contribution < 1.29 is 4.79 Å². The van der Waals surface area contributed by atoms with Gasteiger partial charge in [0.25, 0.3) is 0 Å². The summed E-state index contributed by atoms with van der Waals surface area (Å²) in [6.45, 7) is 1.04. The minimum absolute atomic E-state index is 0.260. The predicted molar refractivity (Wildman–Crippen MR) is 80.8 cm³/mol. The number of nitrogens with one attached hydrogen (secondary N) is 2. The average Bonchev–Trinajstić information content (AvgIpc) is 3.10. The Hall–Kier alpha value is -1.51. The first-order valence-electron chi connectivity index (χ1n) is 7.98. The van der Waals surface area contributed by atoms with Gasteiger partial charge in [0.15, 0.2) is 0 Å². The monoisotopic (exact) mass is 270 g/mol. The Morgan fingerprint density at radius 3 is 3.00 bits per heavy atom. The zero-order chi connectivity index (χ0) is 13.5. The van der Waals surface area contributed by atoms with Crippen LogP contribution >= 0.6 is 0 Å². The molecule has 1 aliphatic heterocycles. The summed E-state index contributed by atoms with van der Waals surface area (Å²) in [6, 6.07) is 6.20. The van der Waals surface area contributed by atoms with Gasteiger partial charge in [-0.15, -0.1) is 0 Å². The van der Waals surface area contributed by atoms with Crippen LogP contribution in [-0.4, -0.2) is 12.5 Å². The molecule has 3 heteroatoms. The van der Waals surface area contributed by atoms with Gasteiger partial charge < -0.3 is 10.6 Å². The van der Waals surface area contributed by atoms with Crippen molar-refractivity contribution in [3.8, 4) is 0 Å². The van der Waals surface area contributed by atoms with Crippen LogP contribution in [0.3, 0.4) is 0 Å². The van der Waals surface area contributed by atoms with Gasteiger partial charge in [0.05, 0.1) is 0 Å². The molecule has 2 saturated carbocycles. The Morgan fingerprint density at radius 2 is 2.20 bits per heavy atom. The van der Waals surface area contributed by atoms with Crippen molar-refractivity contribution in [2.24, 2.45) is 17.8 Å². The summed E-state index contributed by atoms with van der Waals surface area (Å²) in [5.41, 5.74) is 3.51. The molecular weight excluding hydrogens is 248 g/mol. The molecule has 20 heavy (non-hydrogen) atoms. The van der Waals surface area contributed by atoms with E-state index in [1.165, 1.54) is 30.5 Å². The SMILES string of the molecule is O=C(Nc1cccc2c1CCCN2)C1CC2CCC1C2. The fourth-order valence-electron chi connectivity index (χ4n) is 4.42. The molecule has 3 aliphatic rings. The third kappa shape index (κ3) is 2.00. The number of carbonyl (C=O) groups is 1. The Labute approximate surface area is 120 Å². The Kier molecular flexibility index (Phi) is 2.94. The van der Waals surface area contributed by atoms with Crippen molar-refractivity contribution in [3.05, 3.63) is 23.8 Å². The van der Waals surface area contributed by atoms with E-state index in [0.717, 1.165) is 37.4 Å². The van der Waals surface area contributed by atoms with Crippen molar-refractivity contribution in [3.63, 3.8) is 0 Å². The van der Waals surface area contributed by atoms with Crippen molar-refractivity contribution in [1.82, 2.24) is 0 Å². The molecule has 106 valence electrons. The second-order valence-electron chi connectivity index (χ2n) is 6.63. The van der Waals surface area contributed by atoms with Crippen molar-refractivity contribution in [2.75, 3.05) is 17.2 Å². The van der Waals surface area contributed by atoms with Gasteiger partial charge in [-0.2, -0.15) is 0 Å². The van der Waals surface area contributed by atoms with Crippen LogP contribution in [-0.2, 0) is 11.2 Å². The van der Waals surface area contributed by atoms with Crippen LogP contribution in [0.5, 0.6) is 0 Å². The highest BCUT2D eigenvalue weighted by molar-refractivity contribution is 5.94. The lowest BCUT2D eigenvalue weighted by Gasteiger charge is -2.24. The van der Waals surface area contributed by atoms with Crippen LogP contribution in [0.15, 0.2) is 18.2 Å². The summed E-state index contributed by atoms with van der Waals surface area (Å²) < 4.78 is 0. The summed E-state index contributed by atoms with van der Waals surface area (Å²) in [6.07, 6.45) is 7.22. The number of rotatable bonds is 2. The highest BCUT2D eigenvalue weighted by Crippen LogP contribution is 2.48. The molecule has 1 amide bonds. The average molecular weight is 270 g/mol. The summed E-state index contributed by atoms with van der Waals surface area (Å²) in [4.78, 5) is 12.6. The molecule has 2 bridgehead atoms. The molecule has 0 spiro atoms. The second-order valence-corrected chi connectivity index (χ2v) is 6.63. The first-order valence-corrected chi connectivity index (χ1v) is 7.98. The topological polar surface area (TPSA) is 41.1 Å². The lowest BCUT2D eigenvalue weighted by Crippen LogP contribution is -2.28. The summed E-state index contributed by atoms with van der Waals surface area (Å²) in [5, 5.41) is 6.64. The van der Waals surface area contributed by atoms with E-state index in [1.54, 1.807) is 0 Å². The summed E-state index contributed by atoms with van der Waals surface area (Å²) in [7, 11) is 0. The Balaban J connectivity index is 1.53. The van der Waals surface area contributed by atoms with Crippen LogP contribution < -0.4 is 10.6 Å². The molecule has 2 aliphatic carbocycles. The van der Waals surface area contributed by atoms with Gasteiger partial charge in [-0.25, -0.2) is 0 Å². The van der Waals surface area contributed by atoms with Gasteiger partial charge in [-0.05, 0) is 61.6 Å². The normalized spacial score (nSPS) is 30.7. The molecule has 3 nitrogen and oxygen atoms in total. The maximum Gasteiger partial charge on any atom is 0.227 e. The first kappa shape index (κ1) is 12.2. The van der Waals surface area contributed by atoms with E-state index in [4.69, 9.17) is 0 Å². The van der Waals surface area contributed by atoms with Crippen LogP contribution in [0.2, 0.25) is 0 Å². The summed E-state index contributed by atoms with van der Waals surface area (Å²) in [5.74, 6) is 2.00. The second kappa shape index (κ2) is 4.80. The van der Waals surface area contributed by atoms with E-state index in [2.05, 4.69) is 22.8 Å². The van der Waals surface area contributed by atoms with Gasteiger partial charge in [-0.3, -0.25) is 4.79 Å². The third-order valence-corrected chi connectivity index (χ3v) is 5.43. The smallest absolute Gasteiger partial charge is 0.227 e. The summed E-state index contributed by atoms with van der Waals surface area (Å²) >= 11 is 0. The van der Waals surface area contributed by atoms with E-state index in [0.29, 0.717) is 5.92 Å². The van der Waals surface area contributed by atoms with Gasteiger partial charge in [0.1, 0.15) is 0 Å². The minimum Gasteiger partial charge on any atom is -0.385 e. The molecule has 2 fully saturated rings. The molecule has 1 aromatic carbocycles. The highest BCUT2D eigenvalue weighted by Gasteiger charge is 2.43. The molecule has 1 heterocycles. The first-order chi connectivity index (χ1) is 9.81. The van der Waals surface area contributed by atoms with E-state index in [9.17, 15) is 4.79 Å². The largest absolute Gasteiger partial charge is 0.385 e. The number of hydrogen-bond acceptors (Lipinski definition) is 2. The number of anilines is 2. The quantitative estimate of drug-likeness (QED) is 0.864. The van der Waals surface area contributed by atoms with E-state index in [-0.39, 0.29) is 11.8 Å². The van der Waals surface area contributed by atoms with Gasteiger partial charge in [0, 0.05) is 23.8 Å². The fraction of sp³-hybridized carbons (Fsp3) is 0.588. The zero-order valence-electron chi connectivity index (χ0n) is 11.8. The van der Waals surface area contributed by atoms with Crippen molar-refractivity contribution in [2.45, 2.75) is 38.5 Å². The van der Waals surface area contributed by atoms with E-state index < -0.39 is 0 Å². The molecule has 0 saturated heterocycles. The lowest BCUT2D eigenvalue weighted by molar-refractivity contribution is -0.121. The standard InChI is InChI=1S/C17H22N2O/c20-17(14-10-11-6-7-12(14)9-11)19-16-5-1-4-15-13(16)3-2-8-18-15/h1,4-5,11-12,14,18H,2-3,6-10H2,(H,19,20).